The summed E-state index contributed by atoms with van der Waals surface area (Å²) in [5.41, 5.74) is 3.09. The SMILES string of the molecule is Cc1c(C(=O)N2CCN(Cc3cccs3)CC2)[nH]c2c1C(=O)CC(C)(C)C2. The van der Waals surface area contributed by atoms with Crippen molar-refractivity contribution in [3.63, 3.8) is 0 Å². The van der Waals surface area contributed by atoms with Crippen LogP contribution in [0, 0.1) is 12.3 Å². The third-order valence-corrected chi connectivity index (χ3v) is 6.60. The maximum atomic E-state index is 13.1. The molecule has 0 radical (unpaired) electrons. The molecule has 6 heteroatoms. The summed E-state index contributed by atoms with van der Waals surface area (Å²) >= 11 is 1.78. The molecule has 0 bridgehead atoms. The minimum atomic E-state index is -0.0465. The van der Waals surface area contributed by atoms with Gasteiger partial charge in [-0.15, -0.1) is 11.3 Å². The van der Waals surface area contributed by atoms with Crippen molar-refractivity contribution in [3.05, 3.63) is 44.9 Å². The second kappa shape index (κ2) is 6.91. The van der Waals surface area contributed by atoms with Crippen molar-refractivity contribution >= 4 is 23.0 Å². The van der Waals surface area contributed by atoms with Gasteiger partial charge in [0.05, 0.1) is 0 Å². The molecule has 3 heterocycles. The van der Waals surface area contributed by atoms with E-state index in [4.69, 9.17) is 0 Å². The molecule has 5 nitrogen and oxygen atoms in total. The highest BCUT2D eigenvalue weighted by molar-refractivity contribution is 7.09. The van der Waals surface area contributed by atoms with Gasteiger partial charge >= 0.3 is 0 Å². The molecule has 144 valence electrons. The van der Waals surface area contributed by atoms with Gasteiger partial charge in [-0.3, -0.25) is 14.5 Å². The fraction of sp³-hybridized carbons (Fsp3) is 0.524. The molecule has 1 fully saturated rings. The first-order valence-corrected chi connectivity index (χ1v) is 10.5. The number of carbonyl (C=O) groups excluding carboxylic acids is 2. The Morgan fingerprint density at radius 2 is 1.96 bits per heavy atom. The second-order valence-corrected chi connectivity index (χ2v) is 9.60. The van der Waals surface area contributed by atoms with E-state index in [9.17, 15) is 9.59 Å². The first-order chi connectivity index (χ1) is 12.8. The van der Waals surface area contributed by atoms with Gasteiger partial charge < -0.3 is 9.88 Å². The highest BCUT2D eigenvalue weighted by Gasteiger charge is 2.36. The molecule has 4 rings (SSSR count). The van der Waals surface area contributed by atoms with Crippen LogP contribution in [0.2, 0.25) is 0 Å². The lowest BCUT2D eigenvalue weighted by molar-refractivity contribution is 0.0623. The van der Waals surface area contributed by atoms with Gasteiger partial charge in [-0.25, -0.2) is 0 Å². The Balaban J connectivity index is 1.46. The summed E-state index contributed by atoms with van der Waals surface area (Å²) in [5, 5.41) is 2.10. The van der Waals surface area contributed by atoms with Gasteiger partial charge in [0.15, 0.2) is 5.78 Å². The summed E-state index contributed by atoms with van der Waals surface area (Å²) in [6.45, 7) is 10.3. The van der Waals surface area contributed by atoms with Crippen molar-refractivity contribution in [2.75, 3.05) is 26.2 Å². The molecule has 1 aliphatic carbocycles. The minimum Gasteiger partial charge on any atom is -0.354 e. The van der Waals surface area contributed by atoms with Crippen molar-refractivity contribution in [2.45, 2.75) is 40.2 Å². The number of aromatic amines is 1. The fourth-order valence-electron chi connectivity index (χ4n) is 4.34. The Labute approximate surface area is 164 Å². The Hall–Kier alpha value is -1.92. The molecule has 0 saturated carbocycles. The molecule has 2 aliphatic rings. The van der Waals surface area contributed by atoms with Crippen LogP contribution in [-0.2, 0) is 13.0 Å². The molecular formula is C21H27N3O2S. The van der Waals surface area contributed by atoms with Gasteiger partial charge in [-0.05, 0) is 35.8 Å². The predicted molar refractivity (Wildman–Crippen MR) is 107 cm³/mol. The highest BCUT2D eigenvalue weighted by atomic mass is 32.1. The van der Waals surface area contributed by atoms with Crippen molar-refractivity contribution in [1.29, 1.82) is 0 Å². The topological polar surface area (TPSA) is 56.4 Å². The smallest absolute Gasteiger partial charge is 0.270 e. The van der Waals surface area contributed by atoms with Crippen LogP contribution in [0.5, 0.6) is 0 Å². The van der Waals surface area contributed by atoms with Gasteiger partial charge in [0, 0.05) is 55.3 Å². The third kappa shape index (κ3) is 3.60. The number of ketones is 1. The predicted octanol–water partition coefficient (Wildman–Crippen LogP) is 3.50. The van der Waals surface area contributed by atoms with Gasteiger partial charge in [0.2, 0.25) is 0 Å². The van der Waals surface area contributed by atoms with Crippen LogP contribution in [0.4, 0.5) is 0 Å². The number of hydrogen-bond donors (Lipinski definition) is 1. The molecule has 1 saturated heterocycles. The van der Waals surface area contributed by atoms with Crippen LogP contribution in [0.15, 0.2) is 17.5 Å². The van der Waals surface area contributed by atoms with Crippen molar-refractivity contribution in [3.8, 4) is 0 Å². The molecule has 27 heavy (non-hydrogen) atoms. The molecule has 2 aromatic rings. The second-order valence-electron chi connectivity index (χ2n) is 8.57. The number of hydrogen-bond acceptors (Lipinski definition) is 4. The largest absolute Gasteiger partial charge is 0.354 e. The summed E-state index contributed by atoms with van der Waals surface area (Å²) in [6.07, 6.45) is 1.37. The van der Waals surface area contributed by atoms with Crippen molar-refractivity contribution < 1.29 is 9.59 Å². The van der Waals surface area contributed by atoms with E-state index in [2.05, 4.69) is 41.2 Å². The van der Waals surface area contributed by atoms with E-state index in [1.165, 1.54) is 4.88 Å². The van der Waals surface area contributed by atoms with Gasteiger partial charge in [-0.2, -0.15) is 0 Å². The summed E-state index contributed by atoms with van der Waals surface area (Å²) < 4.78 is 0. The number of piperazine rings is 1. The van der Waals surface area contributed by atoms with Gasteiger partial charge in [0.1, 0.15) is 5.69 Å². The highest BCUT2D eigenvalue weighted by Crippen LogP contribution is 2.37. The van der Waals surface area contributed by atoms with Crippen LogP contribution < -0.4 is 0 Å². The quantitative estimate of drug-likeness (QED) is 0.880. The zero-order chi connectivity index (χ0) is 19.2. The molecule has 0 aromatic carbocycles. The summed E-state index contributed by atoms with van der Waals surface area (Å²) in [5.74, 6) is 0.193. The fourth-order valence-corrected chi connectivity index (χ4v) is 5.08. The third-order valence-electron chi connectivity index (χ3n) is 5.73. The standard InChI is InChI=1S/C21H27N3O2S/c1-14-18-16(11-21(2,3)12-17(18)25)22-19(14)20(26)24-8-6-23(7-9-24)13-15-5-4-10-27-15/h4-5,10,22H,6-9,11-13H2,1-3H3. The normalized spacial score (nSPS) is 20.0. The molecule has 0 spiro atoms. The first-order valence-electron chi connectivity index (χ1n) is 9.63. The van der Waals surface area contributed by atoms with Gasteiger partial charge in [0.25, 0.3) is 5.91 Å². The van der Waals surface area contributed by atoms with E-state index in [1.54, 1.807) is 11.3 Å². The molecule has 1 amide bonds. The lowest BCUT2D eigenvalue weighted by Crippen LogP contribution is -2.48. The molecule has 2 aromatic heterocycles. The average molecular weight is 386 g/mol. The average Bonchev–Trinajstić information content (AvgIpc) is 3.22. The monoisotopic (exact) mass is 385 g/mol. The number of amides is 1. The maximum absolute atomic E-state index is 13.1. The van der Waals surface area contributed by atoms with Crippen LogP contribution in [0.3, 0.4) is 0 Å². The Morgan fingerprint density at radius 1 is 1.22 bits per heavy atom. The van der Waals surface area contributed by atoms with E-state index in [0.29, 0.717) is 12.1 Å². The molecule has 0 atom stereocenters. The van der Waals surface area contributed by atoms with Crippen LogP contribution in [0.1, 0.15) is 57.2 Å². The lowest BCUT2D eigenvalue weighted by Gasteiger charge is -2.34. The van der Waals surface area contributed by atoms with E-state index in [-0.39, 0.29) is 17.1 Å². The molecule has 1 N–H and O–H groups in total. The zero-order valence-electron chi connectivity index (χ0n) is 16.3. The first kappa shape index (κ1) is 18.4. The van der Waals surface area contributed by atoms with Crippen LogP contribution in [-0.4, -0.2) is 52.7 Å². The number of nitrogens with zero attached hydrogens (tertiary/aromatic N) is 2. The Bertz CT molecular complexity index is 858. The minimum absolute atomic E-state index is 0.0308. The number of thiophene rings is 1. The number of nitrogens with one attached hydrogen (secondary N) is 1. The Kier molecular flexibility index (Phi) is 4.72. The van der Waals surface area contributed by atoms with Crippen LogP contribution >= 0.6 is 11.3 Å². The summed E-state index contributed by atoms with van der Waals surface area (Å²) in [7, 11) is 0. The lowest BCUT2D eigenvalue weighted by atomic mass is 9.75. The summed E-state index contributed by atoms with van der Waals surface area (Å²) in [6, 6.07) is 4.24. The number of H-pyrrole nitrogens is 1. The van der Waals surface area contributed by atoms with Crippen molar-refractivity contribution in [1.82, 2.24) is 14.8 Å². The van der Waals surface area contributed by atoms with Crippen molar-refractivity contribution in [2.24, 2.45) is 5.41 Å². The Morgan fingerprint density at radius 3 is 2.63 bits per heavy atom. The molecule has 0 unspecified atom stereocenters. The molecular weight excluding hydrogens is 358 g/mol. The number of aromatic nitrogens is 1. The number of fused-ring (bicyclic) bond motifs is 1. The van der Waals surface area contributed by atoms with Crippen LogP contribution in [0.25, 0.3) is 0 Å². The van der Waals surface area contributed by atoms with E-state index in [0.717, 1.165) is 56.0 Å². The van der Waals surface area contributed by atoms with E-state index >= 15 is 0 Å². The van der Waals surface area contributed by atoms with E-state index < -0.39 is 0 Å². The summed E-state index contributed by atoms with van der Waals surface area (Å²) in [4.78, 5) is 34.7. The van der Waals surface area contributed by atoms with E-state index in [1.807, 2.05) is 11.8 Å². The zero-order valence-corrected chi connectivity index (χ0v) is 17.1. The molecule has 1 aliphatic heterocycles. The van der Waals surface area contributed by atoms with Gasteiger partial charge in [-0.1, -0.05) is 19.9 Å². The number of carbonyl (C=O) groups is 2. The number of rotatable bonds is 3. The maximum Gasteiger partial charge on any atom is 0.270 e. The number of Topliss-reactive ketones (excluding diaryl/α,β-unsaturated/α-hetero) is 1.